The highest BCUT2D eigenvalue weighted by Crippen LogP contribution is 2.39. The van der Waals surface area contributed by atoms with E-state index in [2.05, 4.69) is 40.1 Å². The van der Waals surface area contributed by atoms with Crippen molar-refractivity contribution in [2.24, 2.45) is 14.1 Å². The third-order valence-electron chi connectivity index (χ3n) is 16.0. The van der Waals surface area contributed by atoms with E-state index in [1.165, 1.54) is 30.2 Å². The number of amides is 3. The summed E-state index contributed by atoms with van der Waals surface area (Å²) in [7, 11) is 5.71. The number of carbonyl (C=O) groups excluding carboxylic acids is 3. The molecule has 15 heteroatoms. The molecule has 384 valence electrons. The summed E-state index contributed by atoms with van der Waals surface area (Å²) < 4.78 is 30.5. The number of piperidine rings is 1. The predicted octanol–water partition coefficient (Wildman–Crippen LogP) is 8.23. The number of likely N-dealkylation sites (tertiary alicyclic amines) is 1. The standard InChI is InChI=1S/C59H65FN8O6/c1-38-51(59(72)68(45-14-16-49(69)17-15-45)55-29-46(32-61)63(4)39(55)2)31-56(64(38)5)52-26-41-19-22-66(57(70)28-42-13-18-50(30-54(42)60)74-24-23-62(3)48-36-73-37-48)33-44(41)27-53(52)58(71)67-34-43-12-8-7-11-40(43)25-47(67)35-65-20-9-6-10-21-65/h7-8,11-18,26-27,29-31,47-48,69H,6,9-10,19-25,28,33-37H2,1-5H3/t47-/m0/s1. The molecule has 0 saturated carbocycles. The third-order valence-corrected chi connectivity index (χ3v) is 16.0. The molecule has 6 aromatic rings. The van der Waals surface area contributed by atoms with Crippen LogP contribution in [-0.4, -0.2) is 123 Å². The van der Waals surface area contributed by atoms with E-state index < -0.39 is 5.82 Å². The fraction of sp³-hybridized carbons (Fsp3) is 0.390. The number of rotatable bonds is 14. The first-order chi connectivity index (χ1) is 35.8. The van der Waals surface area contributed by atoms with E-state index in [0.29, 0.717) is 109 Å². The molecular weight excluding hydrogens is 936 g/mol. The van der Waals surface area contributed by atoms with Crippen molar-refractivity contribution < 1.29 is 33.4 Å². The van der Waals surface area contributed by atoms with Gasteiger partial charge < -0.3 is 38.4 Å². The summed E-state index contributed by atoms with van der Waals surface area (Å²) in [6.45, 7) is 10.1. The number of aromatic hydroxyl groups is 1. The number of hydrogen-bond donors (Lipinski definition) is 1. The van der Waals surface area contributed by atoms with Gasteiger partial charge in [-0.2, -0.15) is 5.26 Å². The van der Waals surface area contributed by atoms with E-state index in [0.717, 1.165) is 55.6 Å². The summed E-state index contributed by atoms with van der Waals surface area (Å²) in [5.41, 5.74) is 9.51. The number of anilines is 2. The summed E-state index contributed by atoms with van der Waals surface area (Å²) in [6.07, 6.45) is 4.57. The molecule has 0 aliphatic carbocycles. The Kier molecular flexibility index (Phi) is 14.5. The number of likely N-dealkylation sites (N-methyl/N-ethyl adjacent to an activating group) is 1. The van der Waals surface area contributed by atoms with Crippen molar-refractivity contribution in [3.8, 4) is 28.8 Å². The fourth-order valence-corrected chi connectivity index (χ4v) is 11.1. The zero-order valence-electron chi connectivity index (χ0n) is 43.1. The van der Waals surface area contributed by atoms with Gasteiger partial charge in [0, 0.05) is 92.8 Å². The summed E-state index contributed by atoms with van der Waals surface area (Å²) in [5, 5.41) is 20.2. The van der Waals surface area contributed by atoms with E-state index >= 15 is 14.0 Å². The Morgan fingerprint density at radius 2 is 1.59 bits per heavy atom. The number of halogens is 1. The van der Waals surface area contributed by atoms with Gasteiger partial charge >= 0.3 is 0 Å². The molecule has 0 bridgehead atoms. The molecule has 1 atom stereocenters. The maximum atomic E-state index is 15.8. The number of phenolic OH excluding ortho intramolecular Hbond substituents is 1. The molecule has 0 unspecified atom stereocenters. The van der Waals surface area contributed by atoms with Crippen molar-refractivity contribution in [3.63, 3.8) is 0 Å². The second-order valence-electron chi connectivity index (χ2n) is 20.5. The minimum absolute atomic E-state index is 0.0501. The van der Waals surface area contributed by atoms with Crippen LogP contribution in [0.5, 0.6) is 11.5 Å². The Balaban J connectivity index is 0.993. The van der Waals surface area contributed by atoms with Crippen LogP contribution in [0.2, 0.25) is 0 Å². The summed E-state index contributed by atoms with van der Waals surface area (Å²) in [5.74, 6) is -0.724. The van der Waals surface area contributed by atoms with Gasteiger partial charge in [0.2, 0.25) is 5.91 Å². The van der Waals surface area contributed by atoms with Gasteiger partial charge in [0.05, 0.1) is 36.9 Å². The van der Waals surface area contributed by atoms with Gasteiger partial charge in [-0.25, -0.2) is 4.39 Å². The minimum Gasteiger partial charge on any atom is -0.508 e. The second-order valence-corrected chi connectivity index (χ2v) is 20.5. The summed E-state index contributed by atoms with van der Waals surface area (Å²) >= 11 is 0. The zero-order valence-corrected chi connectivity index (χ0v) is 43.1. The maximum Gasteiger partial charge on any atom is 0.264 e. The van der Waals surface area contributed by atoms with Crippen molar-refractivity contribution in [3.05, 3.63) is 153 Å². The van der Waals surface area contributed by atoms with Gasteiger partial charge in [-0.05, 0) is 142 Å². The van der Waals surface area contributed by atoms with Crippen LogP contribution >= 0.6 is 0 Å². The quantitative estimate of drug-likeness (QED) is 0.114. The number of benzene rings is 4. The molecular formula is C59H65FN8O6. The minimum atomic E-state index is -0.499. The van der Waals surface area contributed by atoms with Gasteiger partial charge in [-0.1, -0.05) is 36.8 Å². The number of hydrogen-bond acceptors (Lipinski definition) is 9. The first-order valence-corrected chi connectivity index (χ1v) is 25.9. The molecule has 3 amide bonds. The average molecular weight is 1000 g/mol. The van der Waals surface area contributed by atoms with Crippen LogP contribution < -0.4 is 9.64 Å². The Hall–Kier alpha value is -7.25. The highest BCUT2D eigenvalue weighted by molar-refractivity contribution is 6.13. The highest BCUT2D eigenvalue weighted by Gasteiger charge is 2.36. The molecule has 4 aromatic carbocycles. The van der Waals surface area contributed by atoms with Crippen LogP contribution in [0.25, 0.3) is 11.3 Å². The molecule has 1 N–H and O–H groups in total. The molecule has 14 nitrogen and oxygen atoms in total. The van der Waals surface area contributed by atoms with Crippen LogP contribution in [0.4, 0.5) is 15.8 Å². The van der Waals surface area contributed by atoms with Crippen LogP contribution in [0.3, 0.4) is 0 Å². The molecule has 0 radical (unpaired) electrons. The van der Waals surface area contributed by atoms with Crippen LogP contribution in [0.1, 0.15) is 84.9 Å². The molecule has 10 rings (SSSR count). The van der Waals surface area contributed by atoms with E-state index in [1.54, 1.807) is 51.7 Å². The lowest BCUT2D eigenvalue weighted by atomic mass is 9.89. The number of nitriles is 1. The third kappa shape index (κ3) is 10.1. The zero-order chi connectivity index (χ0) is 51.8. The van der Waals surface area contributed by atoms with E-state index in [-0.39, 0.29) is 48.0 Å². The Morgan fingerprint density at radius 3 is 2.30 bits per heavy atom. The molecule has 2 fully saturated rings. The SMILES string of the molecule is Cc1c(N(C(=O)c2cc(-c3cc4c(cc3C(=O)N3Cc5ccccc5C[C@H]3CN3CCCCC3)CN(C(=O)Cc3ccc(OCCN(C)C5COC5)cc3F)CC4)n(C)c2C)c2ccc(O)cc2)cc(C#N)n1C. The van der Waals surface area contributed by atoms with Gasteiger partial charge in [-0.15, -0.1) is 0 Å². The lowest BCUT2D eigenvalue weighted by molar-refractivity contribution is -0.131. The van der Waals surface area contributed by atoms with E-state index in [9.17, 15) is 15.2 Å². The van der Waals surface area contributed by atoms with Crippen LogP contribution in [0, 0.1) is 31.0 Å². The summed E-state index contributed by atoms with van der Waals surface area (Å²) in [6, 6.07) is 29.5. The van der Waals surface area contributed by atoms with Gasteiger partial charge in [0.25, 0.3) is 11.8 Å². The molecule has 74 heavy (non-hydrogen) atoms. The largest absolute Gasteiger partial charge is 0.508 e. The Morgan fingerprint density at radius 1 is 0.838 bits per heavy atom. The van der Waals surface area contributed by atoms with Crippen molar-refractivity contribution in [1.82, 2.24) is 28.7 Å². The molecule has 6 heterocycles. The molecule has 0 spiro atoms. The first kappa shape index (κ1) is 50.3. The van der Waals surface area contributed by atoms with Gasteiger partial charge in [-0.3, -0.25) is 24.2 Å². The predicted molar refractivity (Wildman–Crippen MR) is 281 cm³/mol. The number of ether oxygens (including phenoxy) is 2. The molecule has 2 saturated heterocycles. The van der Waals surface area contributed by atoms with E-state index in [1.807, 2.05) is 55.6 Å². The van der Waals surface area contributed by atoms with Crippen molar-refractivity contribution in [2.45, 2.75) is 77.5 Å². The Bertz CT molecular complexity index is 3150. The summed E-state index contributed by atoms with van der Waals surface area (Å²) in [4.78, 5) is 55.1. The van der Waals surface area contributed by atoms with Crippen LogP contribution in [-0.2, 0) is 56.0 Å². The lowest BCUT2D eigenvalue weighted by Gasteiger charge is -2.41. The van der Waals surface area contributed by atoms with Gasteiger partial charge in [0.1, 0.15) is 35.7 Å². The average Bonchev–Trinajstić information content (AvgIpc) is 3.85. The second kappa shape index (κ2) is 21.3. The Labute approximate surface area is 432 Å². The maximum absolute atomic E-state index is 15.8. The molecule has 2 aromatic heterocycles. The fourth-order valence-electron chi connectivity index (χ4n) is 11.1. The van der Waals surface area contributed by atoms with Gasteiger partial charge in [0.15, 0.2) is 0 Å². The number of phenols is 1. The first-order valence-electron chi connectivity index (χ1n) is 25.9. The monoisotopic (exact) mass is 1000 g/mol. The highest BCUT2D eigenvalue weighted by atomic mass is 19.1. The number of aromatic nitrogens is 2. The number of fused-ring (bicyclic) bond motifs is 2. The number of nitrogens with zero attached hydrogens (tertiary/aromatic N) is 8. The normalized spacial score (nSPS) is 16.9. The van der Waals surface area contributed by atoms with Crippen molar-refractivity contribution in [2.75, 3.05) is 64.5 Å². The molecule has 4 aliphatic rings. The number of carbonyl (C=O) groups is 3. The molecule has 4 aliphatic heterocycles. The van der Waals surface area contributed by atoms with Crippen molar-refractivity contribution in [1.29, 1.82) is 5.26 Å². The smallest absolute Gasteiger partial charge is 0.264 e. The van der Waals surface area contributed by atoms with Crippen LogP contribution in [0.15, 0.2) is 91.0 Å². The lowest BCUT2D eigenvalue weighted by Crippen LogP contribution is -2.51. The van der Waals surface area contributed by atoms with Crippen molar-refractivity contribution >= 4 is 29.1 Å². The topological polar surface area (TPSA) is 140 Å². The van der Waals surface area contributed by atoms with E-state index in [4.69, 9.17) is 9.47 Å².